The van der Waals surface area contributed by atoms with Crippen LogP contribution in [0.4, 0.5) is 0 Å². The molecule has 0 aliphatic carbocycles. The lowest BCUT2D eigenvalue weighted by atomic mass is 10.0. The second-order valence-electron chi connectivity index (χ2n) is 10.3. The number of aliphatic carboxylic acids is 1. The Balaban J connectivity index is 1.51. The van der Waals surface area contributed by atoms with E-state index in [1.165, 1.54) is 30.9 Å². The quantitative estimate of drug-likeness (QED) is 0.226. The number of carboxylic acid groups (broad SMARTS) is 1. The molecule has 0 saturated heterocycles. The van der Waals surface area contributed by atoms with Crippen LogP contribution in [0.1, 0.15) is 78.0 Å². The van der Waals surface area contributed by atoms with Gasteiger partial charge in [0.15, 0.2) is 6.10 Å². The van der Waals surface area contributed by atoms with Crippen molar-refractivity contribution in [3.8, 4) is 5.75 Å². The highest BCUT2D eigenvalue weighted by atomic mass is 16.5. The van der Waals surface area contributed by atoms with Crippen molar-refractivity contribution in [2.45, 2.75) is 65.5 Å². The van der Waals surface area contributed by atoms with Gasteiger partial charge in [0.2, 0.25) is 0 Å². The summed E-state index contributed by atoms with van der Waals surface area (Å²) >= 11 is 0. The smallest absolute Gasteiger partial charge is 0.344 e. The van der Waals surface area contributed by atoms with Crippen LogP contribution in [0, 0.1) is 6.92 Å². The van der Waals surface area contributed by atoms with E-state index in [1.807, 2.05) is 50.4 Å². The standard InChI is InChI=1S/C33H38N2O4/c1-6-7-9-24-12-14-26(15-13-24)21(2)34-32(36)27-16-17-29-30(22(3)35(5)31(29)20-27)19-25-10-8-11-28(18-25)39-23(4)33(37)38/h8,10-18,20-21,23H,6-7,9,19H2,1-5H3,(H,34,36)(H,37,38)/t21-,23?/m0/s1. The molecule has 0 saturated carbocycles. The summed E-state index contributed by atoms with van der Waals surface area (Å²) < 4.78 is 7.67. The molecule has 1 aromatic heterocycles. The van der Waals surface area contributed by atoms with Crippen LogP contribution in [0.3, 0.4) is 0 Å². The zero-order chi connectivity index (χ0) is 28.1. The molecule has 3 aromatic carbocycles. The first-order valence-corrected chi connectivity index (χ1v) is 13.6. The van der Waals surface area contributed by atoms with Crippen LogP contribution >= 0.6 is 0 Å². The first kappa shape index (κ1) is 28.0. The molecule has 39 heavy (non-hydrogen) atoms. The maximum atomic E-state index is 13.2. The van der Waals surface area contributed by atoms with Gasteiger partial charge in [-0.3, -0.25) is 4.79 Å². The lowest BCUT2D eigenvalue weighted by Gasteiger charge is -2.15. The third-order valence-corrected chi connectivity index (χ3v) is 7.47. The normalized spacial score (nSPS) is 12.7. The fourth-order valence-corrected chi connectivity index (χ4v) is 4.91. The van der Waals surface area contributed by atoms with Crippen LogP contribution < -0.4 is 10.1 Å². The maximum absolute atomic E-state index is 13.2. The van der Waals surface area contributed by atoms with Gasteiger partial charge in [0.1, 0.15) is 5.75 Å². The van der Waals surface area contributed by atoms with Gasteiger partial charge in [-0.2, -0.15) is 0 Å². The van der Waals surface area contributed by atoms with Crippen molar-refractivity contribution in [2.24, 2.45) is 7.05 Å². The van der Waals surface area contributed by atoms with Crippen LogP contribution in [-0.4, -0.2) is 27.7 Å². The first-order valence-electron chi connectivity index (χ1n) is 13.6. The summed E-state index contributed by atoms with van der Waals surface area (Å²) in [5.74, 6) is -0.568. The number of carbonyl (C=O) groups excluding carboxylic acids is 1. The maximum Gasteiger partial charge on any atom is 0.344 e. The SMILES string of the molecule is CCCCc1ccc([C@H](C)NC(=O)c2ccc3c(Cc4cccc(OC(C)C(=O)O)c4)c(C)n(C)c3c2)cc1. The number of ether oxygens (including phenoxy) is 1. The number of nitrogens with zero attached hydrogens (tertiary/aromatic N) is 1. The van der Waals surface area contributed by atoms with Crippen molar-refractivity contribution in [3.05, 3.63) is 100 Å². The summed E-state index contributed by atoms with van der Waals surface area (Å²) in [5, 5.41) is 13.4. The number of nitrogens with one attached hydrogen (secondary N) is 1. The molecule has 6 heteroatoms. The van der Waals surface area contributed by atoms with E-state index >= 15 is 0 Å². The molecule has 0 fully saturated rings. The third kappa shape index (κ3) is 6.51. The number of amides is 1. The Morgan fingerprint density at radius 3 is 2.44 bits per heavy atom. The molecular formula is C33H38N2O4. The molecule has 4 rings (SSSR count). The summed E-state index contributed by atoms with van der Waals surface area (Å²) in [4.78, 5) is 24.3. The van der Waals surface area contributed by atoms with Crippen molar-refractivity contribution in [3.63, 3.8) is 0 Å². The molecule has 0 aliphatic heterocycles. The van der Waals surface area contributed by atoms with Crippen LogP contribution in [0.15, 0.2) is 66.7 Å². The van der Waals surface area contributed by atoms with E-state index < -0.39 is 12.1 Å². The average Bonchev–Trinajstić information content (AvgIpc) is 3.16. The van der Waals surface area contributed by atoms with Crippen LogP contribution in [0.25, 0.3) is 10.9 Å². The first-order chi connectivity index (χ1) is 18.7. The summed E-state index contributed by atoms with van der Waals surface area (Å²) in [6.45, 7) is 7.80. The van der Waals surface area contributed by atoms with Gasteiger partial charge in [-0.25, -0.2) is 4.79 Å². The zero-order valence-electron chi connectivity index (χ0n) is 23.5. The van der Waals surface area contributed by atoms with Gasteiger partial charge in [0.25, 0.3) is 5.91 Å². The third-order valence-electron chi connectivity index (χ3n) is 7.47. The molecule has 6 nitrogen and oxygen atoms in total. The Labute approximate surface area is 230 Å². The second-order valence-corrected chi connectivity index (χ2v) is 10.3. The molecule has 2 N–H and O–H groups in total. The number of hydrogen-bond acceptors (Lipinski definition) is 3. The highest BCUT2D eigenvalue weighted by Gasteiger charge is 2.18. The predicted molar refractivity (Wildman–Crippen MR) is 156 cm³/mol. The molecule has 204 valence electrons. The number of aromatic nitrogens is 1. The Bertz CT molecular complexity index is 1470. The number of benzene rings is 3. The van der Waals surface area contributed by atoms with Gasteiger partial charge in [-0.1, -0.05) is 55.8 Å². The van der Waals surface area contributed by atoms with Crippen molar-refractivity contribution >= 4 is 22.8 Å². The summed E-state index contributed by atoms with van der Waals surface area (Å²) in [7, 11) is 2.01. The Kier molecular flexibility index (Phi) is 8.75. The van der Waals surface area contributed by atoms with E-state index in [4.69, 9.17) is 9.84 Å². The molecule has 1 unspecified atom stereocenters. The Hall–Kier alpha value is -4.06. The lowest BCUT2D eigenvalue weighted by Crippen LogP contribution is -2.26. The minimum atomic E-state index is -1.00. The largest absolute Gasteiger partial charge is 0.479 e. The van der Waals surface area contributed by atoms with Gasteiger partial charge in [0, 0.05) is 29.2 Å². The summed E-state index contributed by atoms with van der Waals surface area (Å²) in [6.07, 6.45) is 3.19. The molecule has 0 spiro atoms. The Morgan fingerprint density at radius 2 is 1.74 bits per heavy atom. The number of carbonyl (C=O) groups is 2. The van der Waals surface area contributed by atoms with Crippen molar-refractivity contribution in [1.29, 1.82) is 0 Å². The predicted octanol–water partition coefficient (Wildman–Crippen LogP) is 6.76. The number of hydrogen-bond donors (Lipinski definition) is 2. The fraction of sp³-hybridized carbons (Fsp3) is 0.333. The number of carboxylic acids is 1. The molecular weight excluding hydrogens is 488 g/mol. The molecule has 0 bridgehead atoms. The molecule has 1 amide bonds. The highest BCUT2D eigenvalue weighted by molar-refractivity contribution is 5.99. The van der Waals surface area contributed by atoms with Crippen molar-refractivity contribution < 1.29 is 19.4 Å². The van der Waals surface area contributed by atoms with Crippen LogP contribution in [0.2, 0.25) is 0 Å². The van der Waals surface area contributed by atoms with Crippen LogP contribution in [-0.2, 0) is 24.7 Å². The minimum absolute atomic E-state index is 0.0996. The van der Waals surface area contributed by atoms with E-state index in [1.54, 1.807) is 6.07 Å². The van der Waals surface area contributed by atoms with Gasteiger partial charge in [-0.05, 0) is 86.6 Å². The van der Waals surface area contributed by atoms with E-state index in [-0.39, 0.29) is 11.9 Å². The molecule has 0 aliphatic rings. The minimum Gasteiger partial charge on any atom is -0.479 e. The number of aryl methyl sites for hydroxylation is 2. The van der Waals surface area contributed by atoms with E-state index in [9.17, 15) is 9.59 Å². The second kappa shape index (κ2) is 12.2. The molecule has 0 radical (unpaired) electrons. The summed E-state index contributed by atoms with van der Waals surface area (Å²) in [6, 6.07) is 21.8. The monoisotopic (exact) mass is 526 g/mol. The fourth-order valence-electron chi connectivity index (χ4n) is 4.91. The van der Waals surface area contributed by atoms with Crippen molar-refractivity contribution in [1.82, 2.24) is 9.88 Å². The Morgan fingerprint density at radius 1 is 1.00 bits per heavy atom. The molecule has 1 heterocycles. The topological polar surface area (TPSA) is 80.6 Å². The van der Waals surface area contributed by atoms with Gasteiger partial charge >= 0.3 is 5.97 Å². The van der Waals surface area contributed by atoms with E-state index in [0.717, 1.165) is 34.1 Å². The average molecular weight is 527 g/mol. The molecule has 2 atom stereocenters. The zero-order valence-corrected chi connectivity index (χ0v) is 23.5. The van der Waals surface area contributed by atoms with Gasteiger partial charge in [0.05, 0.1) is 6.04 Å². The van der Waals surface area contributed by atoms with Crippen LogP contribution in [0.5, 0.6) is 5.75 Å². The summed E-state index contributed by atoms with van der Waals surface area (Å²) in [5.41, 5.74) is 7.34. The van der Waals surface area contributed by atoms with Gasteiger partial charge in [-0.15, -0.1) is 0 Å². The lowest BCUT2D eigenvalue weighted by molar-refractivity contribution is -0.144. The van der Waals surface area contributed by atoms with Crippen molar-refractivity contribution in [2.75, 3.05) is 0 Å². The highest BCUT2D eigenvalue weighted by Crippen LogP contribution is 2.29. The number of rotatable bonds is 11. The number of fused-ring (bicyclic) bond motifs is 1. The van der Waals surface area contributed by atoms with E-state index in [0.29, 0.717) is 17.7 Å². The molecule has 4 aromatic rings. The van der Waals surface area contributed by atoms with Gasteiger partial charge < -0.3 is 19.7 Å². The number of unbranched alkanes of at least 4 members (excludes halogenated alkanes) is 1. The van der Waals surface area contributed by atoms with E-state index in [2.05, 4.69) is 48.0 Å².